The summed E-state index contributed by atoms with van der Waals surface area (Å²) in [5.74, 6) is -1.07. The number of anilines is 1. The zero-order valence-electron chi connectivity index (χ0n) is 16.8. The molecule has 0 atom stereocenters. The lowest BCUT2D eigenvalue weighted by Gasteiger charge is -2.32. The van der Waals surface area contributed by atoms with Gasteiger partial charge in [0.25, 0.3) is 5.69 Å². The Kier molecular flexibility index (Phi) is 6.60. The van der Waals surface area contributed by atoms with Crippen molar-refractivity contribution in [3.63, 3.8) is 0 Å². The van der Waals surface area contributed by atoms with Gasteiger partial charge in [-0.3, -0.25) is 14.9 Å². The Bertz CT molecular complexity index is 935. The highest BCUT2D eigenvalue weighted by atomic mass is 16.6. The van der Waals surface area contributed by atoms with E-state index < -0.39 is 10.9 Å². The van der Waals surface area contributed by atoms with Gasteiger partial charge < -0.3 is 14.4 Å². The maximum absolute atomic E-state index is 12.0. The SMILES string of the molecule is CCOC(=O)c1n[nH]nc1-c1ccc(N2CCC(C(=O)OCC)CC2)c([N+](=O)[O-])c1. The van der Waals surface area contributed by atoms with E-state index in [0.717, 1.165) is 0 Å². The molecule has 2 heterocycles. The second-order valence-electron chi connectivity index (χ2n) is 6.72. The first kappa shape index (κ1) is 21.2. The highest BCUT2D eigenvalue weighted by Gasteiger charge is 2.30. The van der Waals surface area contributed by atoms with Crippen molar-refractivity contribution in [3.8, 4) is 11.3 Å². The van der Waals surface area contributed by atoms with E-state index in [-0.39, 0.29) is 35.6 Å². The number of aromatic amines is 1. The Morgan fingerprint density at radius 2 is 1.90 bits per heavy atom. The lowest BCUT2D eigenvalue weighted by Crippen LogP contribution is -2.37. The lowest BCUT2D eigenvalue weighted by molar-refractivity contribution is -0.384. The molecule has 0 radical (unpaired) electrons. The number of aromatic nitrogens is 3. The van der Waals surface area contributed by atoms with E-state index in [1.807, 2.05) is 4.90 Å². The van der Waals surface area contributed by atoms with Crippen molar-refractivity contribution >= 4 is 23.3 Å². The summed E-state index contributed by atoms with van der Waals surface area (Å²) in [7, 11) is 0. The molecular formula is C19H23N5O6. The van der Waals surface area contributed by atoms with Crippen molar-refractivity contribution in [2.75, 3.05) is 31.2 Å². The standard InChI is InChI=1S/C19H23N5O6/c1-3-29-18(25)12-7-9-23(10-8-12)14-6-5-13(11-15(14)24(27)28)16-17(21-22-20-16)19(26)30-4-2/h5-6,11-12H,3-4,7-10H2,1-2H3,(H,20,21,22). The van der Waals surface area contributed by atoms with Gasteiger partial charge in [-0.25, -0.2) is 4.79 Å². The number of nitro groups is 1. The van der Waals surface area contributed by atoms with Gasteiger partial charge in [-0.2, -0.15) is 10.3 Å². The molecule has 160 valence electrons. The molecule has 11 nitrogen and oxygen atoms in total. The number of carbonyl (C=O) groups is 2. The number of hydrogen-bond donors (Lipinski definition) is 1. The monoisotopic (exact) mass is 417 g/mol. The van der Waals surface area contributed by atoms with Crippen molar-refractivity contribution in [2.45, 2.75) is 26.7 Å². The van der Waals surface area contributed by atoms with Gasteiger partial charge >= 0.3 is 11.9 Å². The number of H-pyrrole nitrogens is 1. The summed E-state index contributed by atoms with van der Waals surface area (Å²) >= 11 is 0. The fraction of sp³-hybridized carbons (Fsp3) is 0.474. The van der Waals surface area contributed by atoms with Crippen LogP contribution in [0.1, 0.15) is 37.2 Å². The first-order valence-electron chi connectivity index (χ1n) is 9.74. The van der Waals surface area contributed by atoms with Crippen LogP contribution < -0.4 is 4.90 Å². The van der Waals surface area contributed by atoms with Gasteiger partial charge in [-0.1, -0.05) is 6.07 Å². The van der Waals surface area contributed by atoms with Gasteiger partial charge in [0.05, 0.1) is 24.1 Å². The quantitative estimate of drug-likeness (QED) is 0.408. The molecule has 1 aromatic heterocycles. The van der Waals surface area contributed by atoms with Crippen LogP contribution in [-0.2, 0) is 14.3 Å². The third-order valence-electron chi connectivity index (χ3n) is 4.92. The second-order valence-corrected chi connectivity index (χ2v) is 6.72. The number of esters is 2. The van der Waals surface area contributed by atoms with Gasteiger partial charge in [0, 0.05) is 24.7 Å². The van der Waals surface area contributed by atoms with Crippen molar-refractivity contribution in [2.24, 2.45) is 5.92 Å². The zero-order chi connectivity index (χ0) is 21.7. The van der Waals surface area contributed by atoms with Gasteiger partial charge in [0.1, 0.15) is 11.4 Å². The molecular weight excluding hydrogens is 394 g/mol. The van der Waals surface area contributed by atoms with Crippen LogP contribution in [0.2, 0.25) is 0 Å². The number of hydrogen-bond acceptors (Lipinski definition) is 9. The van der Waals surface area contributed by atoms with Crippen molar-refractivity contribution in [3.05, 3.63) is 34.0 Å². The molecule has 1 fully saturated rings. The molecule has 0 bridgehead atoms. The first-order valence-corrected chi connectivity index (χ1v) is 9.74. The fourth-order valence-electron chi connectivity index (χ4n) is 3.47. The van der Waals surface area contributed by atoms with Crippen molar-refractivity contribution < 1.29 is 24.0 Å². The van der Waals surface area contributed by atoms with E-state index in [0.29, 0.717) is 43.8 Å². The molecule has 1 aromatic carbocycles. The first-order chi connectivity index (χ1) is 14.5. The van der Waals surface area contributed by atoms with Crippen LogP contribution in [-0.4, -0.2) is 58.6 Å². The van der Waals surface area contributed by atoms with Gasteiger partial charge in [0.2, 0.25) is 0 Å². The van der Waals surface area contributed by atoms with E-state index in [1.54, 1.807) is 26.0 Å². The lowest BCUT2D eigenvalue weighted by atomic mass is 9.96. The Balaban J connectivity index is 1.84. The molecule has 1 aliphatic rings. The van der Waals surface area contributed by atoms with Crippen molar-refractivity contribution in [1.29, 1.82) is 0 Å². The Hall–Kier alpha value is -3.50. The third-order valence-corrected chi connectivity index (χ3v) is 4.92. The Morgan fingerprint density at radius 3 is 2.53 bits per heavy atom. The van der Waals surface area contributed by atoms with E-state index in [1.165, 1.54) is 6.07 Å². The summed E-state index contributed by atoms with van der Waals surface area (Å²) in [6, 6.07) is 4.65. The summed E-state index contributed by atoms with van der Waals surface area (Å²) in [6.45, 7) is 4.94. The van der Waals surface area contributed by atoms with Crippen LogP contribution >= 0.6 is 0 Å². The molecule has 2 aromatic rings. The van der Waals surface area contributed by atoms with Gasteiger partial charge in [-0.15, -0.1) is 5.10 Å². The summed E-state index contributed by atoms with van der Waals surface area (Å²) in [5, 5.41) is 21.9. The molecule has 1 N–H and O–H groups in total. The minimum atomic E-state index is -0.658. The van der Waals surface area contributed by atoms with E-state index in [9.17, 15) is 19.7 Å². The highest BCUT2D eigenvalue weighted by molar-refractivity contribution is 5.94. The van der Waals surface area contributed by atoms with E-state index in [2.05, 4.69) is 15.4 Å². The Labute approximate surface area is 172 Å². The zero-order valence-corrected chi connectivity index (χ0v) is 16.8. The number of rotatable bonds is 7. The second kappa shape index (κ2) is 9.33. The minimum Gasteiger partial charge on any atom is -0.466 e. The molecule has 1 aliphatic heterocycles. The Morgan fingerprint density at radius 1 is 1.20 bits per heavy atom. The van der Waals surface area contributed by atoms with Crippen LogP contribution in [0, 0.1) is 16.0 Å². The maximum Gasteiger partial charge on any atom is 0.361 e. The minimum absolute atomic E-state index is 0.0332. The molecule has 0 amide bonds. The van der Waals surface area contributed by atoms with Crippen LogP contribution in [0.5, 0.6) is 0 Å². The summed E-state index contributed by atoms with van der Waals surface area (Å²) in [6.07, 6.45) is 1.13. The average Bonchev–Trinajstić information content (AvgIpc) is 3.24. The fourth-order valence-corrected chi connectivity index (χ4v) is 3.47. The highest BCUT2D eigenvalue weighted by Crippen LogP contribution is 2.35. The van der Waals surface area contributed by atoms with Gasteiger partial charge in [0.15, 0.2) is 5.69 Å². The van der Waals surface area contributed by atoms with Crippen LogP contribution in [0.3, 0.4) is 0 Å². The normalized spacial score (nSPS) is 14.4. The number of nitrogens with zero attached hydrogens (tertiary/aromatic N) is 4. The summed E-state index contributed by atoms with van der Waals surface area (Å²) in [5.41, 5.74) is 0.870. The third kappa shape index (κ3) is 4.39. The number of nitro benzene ring substituents is 1. The average molecular weight is 417 g/mol. The predicted octanol–water partition coefficient (Wildman–Crippen LogP) is 2.34. The molecule has 30 heavy (non-hydrogen) atoms. The van der Waals surface area contributed by atoms with Crippen LogP contribution in [0.25, 0.3) is 11.3 Å². The number of carbonyl (C=O) groups excluding carboxylic acids is 2. The van der Waals surface area contributed by atoms with Crippen LogP contribution in [0.15, 0.2) is 18.2 Å². The molecule has 1 saturated heterocycles. The van der Waals surface area contributed by atoms with Crippen LogP contribution in [0.4, 0.5) is 11.4 Å². The van der Waals surface area contributed by atoms with E-state index >= 15 is 0 Å². The molecule has 0 spiro atoms. The molecule has 0 unspecified atom stereocenters. The smallest absolute Gasteiger partial charge is 0.361 e. The molecule has 0 aliphatic carbocycles. The number of nitrogens with one attached hydrogen (secondary N) is 1. The number of benzene rings is 1. The maximum atomic E-state index is 12.0. The van der Waals surface area contributed by atoms with Crippen molar-refractivity contribution in [1.82, 2.24) is 15.4 Å². The molecule has 0 saturated carbocycles. The number of piperidine rings is 1. The summed E-state index contributed by atoms with van der Waals surface area (Å²) < 4.78 is 10.0. The molecule has 3 rings (SSSR count). The predicted molar refractivity (Wildman–Crippen MR) is 106 cm³/mol. The van der Waals surface area contributed by atoms with E-state index in [4.69, 9.17) is 9.47 Å². The topological polar surface area (TPSA) is 141 Å². The van der Waals surface area contributed by atoms with Gasteiger partial charge in [-0.05, 0) is 32.8 Å². The molecule has 11 heteroatoms. The number of ether oxygens (including phenoxy) is 2. The summed E-state index contributed by atoms with van der Waals surface area (Å²) in [4.78, 5) is 37.1. The largest absolute Gasteiger partial charge is 0.466 e.